The van der Waals surface area contributed by atoms with Gasteiger partial charge in [-0.05, 0) is 44.0 Å². The third-order valence-electron chi connectivity index (χ3n) is 9.73. The number of benzene rings is 1. The third-order valence-corrected chi connectivity index (χ3v) is 12.3. The Hall–Kier alpha value is -5.92. The number of alkyl halides is 2. The summed E-state index contributed by atoms with van der Waals surface area (Å²) in [6.07, 6.45) is 7.45. The smallest absolute Gasteiger partial charge is 0.268 e. The molecule has 0 unspecified atom stereocenters. The fourth-order valence-corrected chi connectivity index (χ4v) is 9.00. The number of anilines is 1. The second kappa shape index (κ2) is 16.1. The molecule has 0 aliphatic carbocycles. The molecular weight excluding hydrogens is 810 g/mol. The predicted molar refractivity (Wildman–Crippen MR) is 215 cm³/mol. The van der Waals surface area contributed by atoms with Crippen molar-refractivity contribution in [3.05, 3.63) is 98.7 Å². The van der Waals surface area contributed by atoms with E-state index in [1.807, 2.05) is 9.62 Å². The molecule has 0 atom stereocenters. The Morgan fingerprint density at radius 2 is 1.88 bits per heavy atom. The quantitative estimate of drug-likeness (QED) is 0.183. The molecule has 1 aromatic carbocycles. The average molecular weight is 843 g/mol. The number of aromatic nitrogens is 6. The highest BCUT2D eigenvalue weighted by Gasteiger charge is 2.31. The van der Waals surface area contributed by atoms with Gasteiger partial charge in [0.1, 0.15) is 34.5 Å². The fraction of sp³-hybridized carbons (Fsp3) is 0.282. The molecule has 1 aliphatic heterocycles. The van der Waals surface area contributed by atoms with Gasteiger partial charge in [-0.2, -0.15) is 5.26 Å². The van der Waals surface area contributed by atoms with Gasteiger partial charge in [-0.3, -0.25) is 24.0 Å². The highest BCUT2D eigenvalue weighted by molar-refractivity contribution is 7.90. The van der Waals surface area contributed by atoms with Gasteiger partial charge in [-0.15, -0.1) is 11.3 Å². The molecule has 19 heteroatoms. The normalized spacial score (nSPS) is 13.9. The number of rotatable bonds is 9. The van der Waals surface area contributed by atoms with Crippen LogP contribution < -0.4 is 15.2 Å². The monoisotopic (exact) mass is 842 g/mol. The molecule has 1 N–H and O–H groups in total. The lowest BCUT2D eigenvalue weighted by Gasteiger charge is -2.38. The summed E-state index contributed by atoms with van der Waals surface area (Å²) in [7, 11) is -2.47. The number of hydrogen-bond acceptors (Lipinski definition) is 13. The molecule has 0 saturated carbocycles. The molecule has 1 amide bonds. The Kier molecular flexibility index (Phi) is 11.2. The minimum absolute atomic E-state index is 0.0431. The minimum Gasteiger partial charge on any atom is -0.355 e. The van der Waals surface area contributed by atoms with Crippen molar-refractivity contribution in [2.24, 2.45) is 0 Å². The van der Waals surface area contributed by atoms with Gasteiger partial charge in [0.05, 0.1) is 58.4 Å². The number of nitriles is 1. The lowest BCUT2D eigenvalue weighted by atomic mass is 10.00. The number of amides is 1. The number of piperidine rings is 1. The van der Waals surface area contributed by atoms with E-state index in [0.717, 1.165) is 19.3 Å². The molecular formula is C39H33ClF2N10O4S2. The summed E-state index contributed by atoms with van der Waals surface area (Å²) in [6, 6.07) is 8.92. The van der Waals surface area contributed by atoms with Crippen LogP contribution in [0.2, 0.25) is 5.02 Å². The van der Waals surface area contributed by atoms with Crippen molar-refractivity contribution in [3.8, 4) is 29.0 Å². The number of carbonyl (C=O) groups is 1. The summed E-state index contributed by atoms with van der Waals surface area (Å²) in [5, 5.41) is 12.4. The van der Waals surface area contributed by atoms with Crippen LogP contribution in [0.25, 0.3) is 32.2 Å². The molecule has 296 valence electrons. The van der Waals surface area contributed by atoms with Crippen LogP contribution in [0.1, 0.15) is 47.1 Å². The zero-order valence-corrected chi connectivity index (χ0v) is 33.6. The second-order valence-electron chi connectivity index (χ2n) is 13.8. The van der Waals surface area contributed by atoms with Crippen LogP contribution in [0.5, 0.6) is 0 Å². The van der Waals surface area contributed by atoms with E-state index in [-0.39, 0.29) is 51.6 Å². The van der Waals surface area contributed by atoms with Crippen molar-refractivity contribution in [2.45, 2.75) is 50.1 Å². The first-order valence-corrected chi connectivity index (χ1v) is 20.5. The van der Waals surface area contributed by atoms with Crippen LogP contribution in [0.4, 0.5) is 14.6 Å². The number of sulfonamides is 1. The van der Waals surface area contributed by atoms with E-state index in [1.165, 1.54) is 40.0 Å². The molecule has 5 aromatic heterocycles. The molecule has 58 heavy (non-hydrogen) atoms. The number of halogens is 3. The van der Waals surface area contributed by atoms with E-state index in [1.54, 1.807) is 43.1 Å². The summed E-state index contributed by atoms with van der Waals surface area (Å²) in [5.74, 6) is 3.19. The topological polar surface area (TPSA) is 180 Å². The molecule has 14 nitrogen and oxygen atoms in total. The number of fused-ring (bicyclic) bond motifs is 2. The zero-order chi connectivity index (χ0) is 41.4. The Bertz CT molecular complexity index is 2860. The SMILES string of the molecule is Cc1nc2cnc(N(C)C3CCN(CC(C)(F)F)CC3)c(C#N)c2c(=O)n1CC#Cc1ccc(Cl)cc1-c1ccnc2c(C(=O)NS(=O)(=O)c3cncnc3)csc12. The number of aryl methyl sites for hydroxylation is 1. The van der Waals surface area contributed by atoms with Gasteiger partial charge in [-0.1, -0.05) is 23.4 Å². The van der Waals surface area contributed by atoms with E-state index in [9.17, 15) is 32.0 Å². The first-order chi connectivity index (χ1) is 27.6. The van der Waals surface area contributed by atoms with Gasteiger partial charge in [0.25, 0.3) is 27.4 Å². The van der Waals surface area contributed by atoms with Crippen LogP contribution in [-0.2, 0) is 16.6 Å². The predicted octanol–water partition coefficient (Wildman–Crippen LogP) is 5.42. The third kappa shape index (κ3) is 8.23. The van der Waals surface area contributed by atoms with Gasteiger partial charge >= 0.3 is 0 Å². The molecule has 0 bridgehead atoms. The van der Waals surface area contributed by atoms with Crippen LogP contribution in [-0.4, -0.2) is 87.4 Å². The summed E-state index contributed by atoms with van der Waals surface area (Å²) < 4.78 is 56.8. The fourth-order valence-electron chi connectivity index (χ4n) is 6.93. The Labute approximate surface area is 340 Å². The van der Waals surface area contributed by atoms with E-state index in [4.69, 9.17) is 11.6 Å². The summed E-state index contributed by atoms with van der Waals surface area (Å²) in [4.78, 5) is 51.5. The van der Waals surface area contributed by atoms with Crippen LogP contribution >= 0.6 is 22.9 Å². The molecule has 1 fully saturated rings. The zero-order valence-electron chi connectivity index (χ0n) is 31.2. The number of thiophene rings is 1. The average Bonchev–Trinajstić information content (AvgIpc) is 3.64. The number of nitrogens with one attached hydrogen (secondary N) is 1. The maximum Gasteiger partial charge on any atom is 0.268 e. The van der Waals surface area contributed by atoms with Gasteiger partial charge in [-0.25, -0.2) is 41.9 Å². The maximum absolute atomic E-state index is 14.1. The molecule has 0 radical (unpaired) electrons. The molecule has 1 saturated heterocycles. The first-order valence-electron chi connectivity index (χ1n) is 17.8. The number of hydrogen-bond donors (Lipinski definition) is 1. The summed E-state index contributed by atoms with van der Waals surface area (Å²) >= 11 is 7.65. The largest absolute Gasteiger partial charge is 0.355 e. The molecule has 6 aromatic rings. The van der Waals surface area contributed by atoms with Gasteiger partial charge < -0.3 is 4.90 Å². The second-order valence-corrected chi connectivity index (χ2v) is 16.8. The number of likely N-dealkylation sites (tertiary alicyclic amines) is 1. The highest BCUT2D eigenvalue weighted by Crippen LogP contribution is 2.37. The van der Waals surface area contributed by atoms with Gasteiger partial charge in [0.15, 0.2) is 0 Å². The maximum atomic E-state index is 14.1. The van der Waals surface area contributed by atoms with E-state index in [2.05, 4.69) is 42.8 Å². The van der Waals surface area contributed by atoms with Gasteiger partial charge in [0.2, 0.25) is 0 Å². The highest BCUT2D eigenvalue weighted by atomic mass is 35.5. The van der Waals surface area contributed by atoms with Crippen molar-refractivity contribution in [3.63, 3.8) is 0 Å². The van der Waals surface area contributed by atoms with E-state index in [0.29, 0.717) is 64.0 Å². The van der Waals surface area contributed by atoms with Gasteiger partial charge in [0, 0.05) is 66.4 Å². The molecule has 7 rings (SSSR count). The lowest BCUT2D eigenvalue weighted by molar-refractivity contribution is -0.0198. The first kappa shape index (κ1) is 40.3. The van der Waals surface area contributed by atoms with Crippen LogP contribution in [0.3, 0.4) is 0 Å². The lowest BCUT2D eigenvalue weighted by Crippen LogP contribution is -2.46. The standard InChI is InChI=1S/C39H33ClF2N10O4S2/c1-23-48-32-19-47-36(50(3)26-9-13-51(14-10-26)21-39(2,41)42)30(16-43)33(32)38(54)52(23)12-4-5-24-6-7-25(40)15-29(24)28-8-11-46-34-31(20-57-35(28)34)37(53)49-58(55,56)27-17-44-22-45-18-27/h6-8,11,15,17-20,22,26H,9-10,12-14,21H2,1-3H3,(H,49,53). The van der Waals surface area contributed by atoms with Crippen molar-refractivity contribution in [1.82, 2.24) is 39.1 Å². The number of pyridine rings is 2. The van der Waals surface area contributed by atoms with E-state index < -0.39 is 27.4 Å². The Morgan fingerprint density at radius 3 is 2.59 bits per heavy atom. The Balaban J connectivity index is 1.17. The Morgan fingerprint density at radius 1 is 1.14 bits per heavy atom. The molecule has 0 spiro atoms. The number of nitrogens with zero attached hydrogens (tertiary/aromatic N) is 9. The van der Waals surface area contributed by atoms with Crippen LogP contribution in [0.15, 0.2) is 70.5 Å². The van der Waals surface area contributed by atoms with E-state index >= 15 is 0 Å². The van der Waals surface area contributed by atoms with Crippen molar-refractivity contribution in [2.75, 3.05) is 31.6 Å². The van der Waals surface area contributed by atoms with Crippen molar-refractivity contribution < 1.29 is 22.0 Å². The molecule has 6 heterocycles. The van der Waals surface area contributed by atoms with Crippen molar-refractivity contribution in [1.29, 1.82) is 5.26 Å². The summed E-state index contributed by atoms with van der Waals surface area (Å²) in [5.41, 5.74) is 1.96. The minimum atomic E-state index is -4.26. The molecule has 1 aliphatic rings. The van der Waals surface area contributed by atoms with Crippen molar-refractivity contribution >= 4 is 65.8 Å². The summed E-state index contributed by atoms with van der Waals surface area (Å²) in [6.45, 7) is 3.09. The number of carbonyl (C=O) groups excluding carboxylic acids is 1. The van der Waals surface area contributed by atoms with Crippen LogP contribution in [0, 0.1) is 30.1 Å².